The van der Waals surface area contributed by atoms with Gasteiger partial charge in [-0.25, -0.2) is 12.8 Å². The molecule has 1 atom stereocenters. The Kier molecular flexibility index (Phi) is 10.1. The number of unbranched alkanes of at least 4 members (excludes halogenated alkanes) is 1. The fourth-order valence-electron chi connectivity index (χ4n) is 3.16. The minimum Gasteiger partial charge on any atom is -0.354 e. The zero-order chi connectivity index (χ0) is 25.5. The Hall–Kier alpha value is -2.36. The Morgan fingerprint density at radius 3 is 2.29 bits per heavy atom. The van der Waals surface area contributed by atoms with Crippen molar-refractivity contribution in [1.29, 1.82) is 0 Å². The summed E-state index contributed by atoms with van der Waals surface area (Å²) in [6.45, 7) is 3.43. The number of hydrogen-bond acceptors (Lipinski definition) is 4. The molecule has 34 heavy (non-hydrogen) atoms. The van der Waals surface area contributed by atoms with Gasteiger partial charge in [-0.2, -0.15) is 0 Å². The molecule has 0 aliphatic rings. The highest BCUT2D eigenvalue weighted by atomic mass is 35.5. The van der Waals surface area contributed by atoms with E-state index < -0.39 is 34.3 Å². The van der Waals surface area contributed by atoms with E-state index in [0.717, 1.165) is 23.4 Å². The minimum atomic E-state index is -3.88. The number of nitrogens with one attached hydrogen (secondary N) is 1. The number of anilines is 1. The number of halogens is 3. The summed E-state index contributed by atoms with van der Waals surface area (Å²) in [6, 6.07) is 8.84. The van der Waals surface area contributed by atoms with Gasteiger partial charge in [0, 0.05) is 13.1 Å². The Labute approximate surface area is 209 Å². The molecule has 0 aliphatic carbocycles. The van der Waals surface area contributed by atoms with Crippen LogP contribution in [-0.2, 0) is 26.2 Å². The van der Waals surface area contributed by atoms with Gasteiger partial charge in [-0.1, -0.05) is 48.7 Å². The second-order valence-electron chi connectivity index (χ2n) is 7.84. The van der Waals surface area contributed by atoms with E-state index in [4.69, 9.17) is 23.2 Å². The summed E-state index contributed by atoms with van der Waals surface area (Å²) in [5.41, 5.74) is 0.746. The fourth-order valence-corrected chi connectivity index (χ4v) is 4.29. The Bertz CT molecular complexity index is 1110. The minimum absolute atomic E-state index is 0.0134. The van der Waals surface area contributed by atoms with Crippen molar-refractivity contribution >= 4 is 50.7 Å². The summed E-state index contributed by atoms with van der Waals surface area (Å²) in [6.07, 6.45) is 2.64. The van der Waals surface area contributed by atoms with Crippen LogP contribution in [0.3, 0.4) is 0 Å². The van der Waals surface area contributed by atoms with Crippen molar-refractivity contribution in [1.82, 2.24) is 10.2 Å². The number of carbonyl (C=O) groups is 2. The maximum atomic E-state index is 13.4. The van der Waals surface area contributed by atoms with E-state index in [1.54, 1.807) is 6.92 Å². The number of amides is 2. The molecule has 1 N–H and O–H groups in total. The maximum absolute atomic E-state index is 13.4. The highest BCUT2D eigenvalue weighted by molar-refractivity contribution is 7.92. The molecule has 0 saturated heterocycles. The molecule has 0 aliphatic heterocycles. The largest absolute Gasteiger partial charge is 0.354 e. The van der Waals surface area contributed by atoms with E-state index in [1.807, 2.05) is 6.92 Å². The molecule has 0 fully saturated rings. The molecule has 0 bridgehead atoms. The third kappa shape index (κ3) is 7.85. The van der Waals surface area contributed by atoms with Crippen LogP contribution in [0.15, 0.2) is 42.5 Å². The van der Waals surface area contributed by atoms with E-state index in [2.05, 4.69) is 5.32 Å². The monoisotopic (exact) mass is 531 g/mol. The lowest BCUT2D eigenvalue weighted by Gasteiger charge is -2.31. The topological polar surface area (TPSA) is 86.8 Å². The molecule has 0 aromatic heterocycles. The average molecular weight is 532 g/mol. The summed E-state index contributed by atoms with van der Waals surface area (Å²) < 4.78 is 39.3. The van der Waals surface area contributed by atoms with Gasteiger partial charge in [0.15, 0.2) is 0 Å². The molecule has 0 heterocycles. The predicted octanol–water partition coefficient (Wildman–Crippen LogP) is 4.23. The first-order valence-electron chi connectivity index (χ1n) is 10.7. The summed E-state index contributed by atoms with van der Waals surface area (Å²) in [4.78, 5) is 27.4. The lowest BCUT2D eigenvalue weighted by Crippen LogP contribution is -2.51. The Morgan fingerprint density at radius 1 is 1.09 bits per heavy atom. The van der Waals surface area contributed by atoms with E-state index in [0.29, 0.717) is 12.1 Å². The van der Waals surface area contributed by atoms with Gasteiger partial charge in [0.05, 0.1) is 22.0 Å². The second-order valence-corrected chi connectivity index (χ2v) is 10.6. The zero-order valence-electron chi connectivity index (χ0n) is 19.2. The molecule has 186 valence electrons. The number of sulfonamides is 1. The first kappa shape index (κ1) is 27.9. The Morgan fingerprint density at radius 2 is 1.74 bits per heavy atom. The standard InChI is InChI=1S/C23H28Cl2FN3O4S/c1-4-5-12-27-23(31)16(2)28(14-17-6-8-18(26)9-7-17)22(30)15-29(34(3,32)33)19-10-11-20(24)21(25)13-19/h6-11,13,16H,4-5,12,14-15H2,1-3H3,(H,27,31). The van der Waals surface area contributed by atoms with Gasteiger partial charge in [-0.15, -0.1) is 0 Å². The number of benzene rings is 2. The fraction of sp³-hybridized carbons (Fsp3) is 0.391. The van der Waals surface area contributed by atoms with Crippen molar-refractivity contribution in [3.8, 4) is 0 Å². The first-order valence-corrected chi connectivity index (χ1v) is 13.3. The lowest BCUT2D eigenvalue weighted by molar-refractivity contribution is -0.139. The third-order valence-electron chi connectivity index (χ3n) is 5.13. The highest BCUT2D eigenvalue weighted by Gasteiger charge is 2.30. The van der Waals surface area contributed by atoms with Crippen LogP contribution in [-0.4, -0.2) is 50.5 Å². The van der Waals surface area contributed by atoms with Crippen molar-refractivity contribution < 1.29 is 22.4 Å². The molecule has 2 amide bonds. The summed E-state index contributed by atoms with van der Waals surface area (Å²) >= 11 is 12.0. The van der Waals surface area contributed by atoms with Gasteiger partial charge in [0.25, 0.3) is 0 Å². The van der Waals surface area contributed by atoms with Crippen LogP contribution in [0.25, 0.3) is 0 Å². The van der Waals surface area contributed by atoms with Crippen molar-refractivity contribution in [2.75, 3.05) is 23.7 Å². The van der Waals surface area contributed by atoms with Gasteiger partial charge in [0.2, 0.25) is 21.8 Å². The molecule has 1 unspecified atom stereocenters. The van der Waals surface area contributed by atoms with Crippen molar-refractivity contribution in [3.63, 3.8) is 0 Å². The number of hydrogen-bond donors (Lipinski definition) is 1. The molecule has 11 heteroatoms. The van der Waals surface area contributed by atoms with Crippen molar-refractivity contribution in [2.45, 2.75) is 39.3 Å². The summed E-state index contributed by atoms with van der Waals surface area (Å²) in [5, 5.41) is 3.15. The number of carbonyl (C=O) groups excluding carboxylic acids is 2. The summed E-state index contributed by atoms with van der Waals surface area (Å²) in [7, 11) is -3.88. The first-order chi connectivity index (χ1) is 15.9. The molecule has 2 aromatic carbocycles. The SMILES string of the molecule is CCCCNC(=O)C(C)N(Cc1ccc(F)cc1)C(=O)CN(c1ccc(Cl)c(Cl)c1)S(C)(=O)=O. The molecule has 2 aromatic rings. The molecule has 0 saturated carbocycles. The van der Waals surface area contributed by atoms with Gasteiger partial charge < -0.3 is 10.2 Å². The third-order valence-corrected chi connectivity index (χ3v) is 7.01. The van der Waals surface area contributed by atoms with Crippen LogP contribution in [0.4, 0.5) is 10.1 Å². The van der Waals surface area contributed by atoms with Gasteiger partial charge in [0.1, 0.15) is 18.4 Å². The van der Waals surface area contributed by atoms with E-state index in [1.165, 1.54) is 47.4 Å². The van der Waals surface area contributed by atoms with Crippen LogP contribution < -0.4 is 9.62 Å². The van der Waals surface area contributed by atoms with Gasteiger partial charge in [-0.3, -0.25) is 13.9 Å². The van der Waals surface area contributed by atoms with Crippen LogP contribution in [0, 0.1) is 5.82 Å². The smallest absolute Gasteiger partial charge is 0.244 e. The Balaban J connectivity index is 2.35. The van der Waals surface area contributed by atoms with E-state index >= 15 is 0 Å². The molecule has 0 spiro atoms. The van der Waals surface area contributed by atoms with Crippen LogP contribution in [0.5, 0.6) is 0 Å². The molecular formula is C23H28Cl2FN3O4S. The van der Waals surface area contributed by atoms with Crippen LogP contribution >= 0.6 is 23.2 Å². The normalized spacial score (nSPS) is 12.2. The van der Waals surface area contributed by atoms with Gasteiger partial charge >= 0.3 is 0 Å². The highest BCUT2D eigenvalue weighted by Crippen LogP contribution is 2.28. The lowest BCUT2D eigenvalue weighted by atomic mass is 10.1. The van der Waals surface area contributed by atoms with E-state index in [9.17, 15) is 22.4 Å². The molecule has 7 nitrogen and oxygen atoms in total. The predicted molar refractivity (Wildman–Crippen MR) is 133 cm³/mol. The second kappa shape index (κ2) is 12.4. The molecular weight excluding hydrogens is 504 g/mol. The quantitative estimate of drug-likeness (QED) is 0.439. The summed E-state index contributed by atoms with van der Waals surface area (Å²) in [5.74, 6) is -1.42. The average Bonchev–Trinajstić information content (AvgIpc) is 2.77. The molecule has 2 rings (SSSR count). The zero-order valence-corrected chi connectivity index (χ0v) is 21.6. The maximum Gasteiger partial charge on any atom is 0.244 e. The van der Waals surface area contributed by atoms with Crippen LogP contribution in [0.1, 0.15) is 32.3 Å². The van der Waals surface area contributed by atoms with Crippen LogP contribution in [0.2, 0.25) is 10.0 Å². The number of rotatable bonds is 11. The molecule has 0 radical (unpaired) electrons. The van der Waals surface area contributed by atoms with E-state index in [-0.39, 0.29) is 28.2 Å². The van der Waals surface area contributed by atoms with Gasteiger partial charge in [-0.05, 0) is 49.2 Å². The number of nitrogens with zero attached hydrogens (tertiary/aromatic N) is 2. The van der Waals surface area contributed by atoms with Crippen molar-refractivity contribution in [2.24, 2.45) is 0 Å². The van der Waals surface area contributed by atoms with Crippen molar-refractivity contribution in [3.05, 3.63) is 63.9 Å².